The van der Waals surface area contributed by atoms with Crippen LogP contribution in [0.3, 0.4) is 0 Å². The number of carbonyl (C=O) groups excluding carboxylic acids is 1. The maximum Gasteiger partial charge on any atom is 0.293 e. The number of aromatic nitrogens is 3. The fraction of sp³-hybridized carbons (Fsp3) is 0.308. The Morgan fingerprint density at radius 2 is 2.06 bits per heavy atom. The van der Waals surface area contributed by atoms with Gasteiger partial charge in [-0.2, -0.15) is 0 Å². The van der Waals surface area contributed by atoms with Crippen molar-refractivity contribution in [2.24, 2.45) is 0 Å². The molecule has 0 spiro atoms. The molecule has 1 N–H and O–H groups in total. The van der Waals surface area contributed by atoms with Crippen LogP contribution in [0.4, 0.5) is 0 Å². The van der Waals surface area contributed by atoms with Crippen LogP contribution < -0.4 is 0 Å². The molecule has 0 radical (unpaired) electrons. The number of aromatic amines is 1. The highest BCUT2D eigenvalue weighted by atomic mass is 16.2. The van der Waals surface area contributed by atoms with Gasteiger partial charge in [0.05, 0.1) is 0 Å². The topological polar surface area (TPSA) is 61.9 Å². The highest BCUT2D eigenvalue weighted by Crippen LogP contribution is 2.07. The molecule has 0 saturated carbocycles. The molecule has 0 bridgehead atoms. The molecule has 0 atom stereocenters. The average Bonchev–Trinajstić information content (AvgIpc) is 2.83. The van der Waals surface area contributed by atoms with E-state index in [1.807, 2.05) is 37.3 Å². The summed E-state index contributed by atoms with van der Waals surface area (Å²) in [6, 6.07) is 9.88. The second kappa shape index (κ2) is 5.44. The number of benzene rings is 1. The van der Waals surface area contributed by atoms with Crippen molar-refractivity contribution in [1.29, 1.82) is 0 Å². The Labute approximate surface area is 106 Å². The lowest BCUT2D eigenvalue weighted by Gasteiger charge is -2.19. The van der Waals surface area contributed by atoms with E-state index in [1.165, 1.54) is 0 Å². The number of hydrogen-bond acceptors (Lipinski definition) is 3. The number of aryl methyl sites for hydroxylation is 1. The number of rotatable bonds is 4. The Morgan fingerprint density at radius 3 is 2.61 bits per heavy atom. The Kier molecular flexibility index (Phi) is 3.72. The summed E-state index contributed by atoms with van der Waals surface area (Å²) >= 11 is 0. The maximum atomic E-state index is 12.2. The third-order valence-corrected chi connectivity index (χ3v) is 2.67. The molecule has 0 fully saturated rings. The van der Waals surface area contributed by atoms with Gasteiger partial charge in [-0.25, -0.2) is 4.98 Å². The third kappa shape index (κ3) is 2.74. The van der Waals surface area contributed by atoms with Crippen LogP contribution in [0.15, 0.2) is 30.3 Å². The summed E-state index contributed by atoms with van der Waals surface area (Å²) in [5, 5.41) is 6.58. The number of H-pyrrole nitrogens is 1. The van der Waals surface area contributed by atoms with E-state index in [9.17, 15) is 4.79 Å². The minimum atomic E-state index is -0.147. The zero-order chi connectivity index (χ0) is 13.0. The molecule has 2 aromatic rings. The summed E-state index contributed by atoms with van der Waals surface area (Å²) in [6.07, 6.45) is 0. The molecule has 0 aliphatic rings. The molecule has 0 saturated heterocycles. The summed E-state index contributed by atoms with van der Waals surface area (Å²) in [6.45, 7) is 4.92. The van der Waals surface area contributed by atoms with E-state index >= 15 is 0 Å². The number of nitrogens with zero attached hydrogens (tertiary/aromatic N) is 3. The van der Waals surface area contributed by atoms with Crippen molar-refractivity contribution in [3.05, 3.63) is 47.5 Å². The highest BCUT2D eigenvalue weighted by Gasteiger charge is 2.18. The fourth-order valence-electron chi connectivity index (χ4n) is 1.71. The third-order valence-electron chi connectivity index (χ3n) is 2.67. The lowest BCUT2D eigenvalue weighted by atomic mass is 10.2. The van der Waals surface area contributed by atoms with E-state index in [2.05, 4.69) is 15.2 Å². The van der Waals surface area contributed by atoms with E-state index in [1.54, 1.807) is 11.8 Å². The van der Waals surface area contributed by atoms with Crippen LogP contribution in [0.1, 0.15) is 28.9 Å². The molecule has 0 aliphatic carbocycles. The van der Waals surface area contributed by atoms with Crippen LogP contribution in [0.2, 0.25) is 0 Å². The SMILES string of the molecule is CCN(Cc1ccccc1)C(=O)c1n[nH]c(C)n1. The summed E-state index contributed by atoms with van der Waals surface area (Å²) in [4.78, 5) is 18.0. The van der Waals surface area contributed by atoms with Crippen molar-refractivity contribution in [3.8, 4) is 0 Å². The van der Waals surface area contributed by atoms with Crippen LogP contribution in [0, 0.1) is 6.92 Å². The summed E-state index contributed by atoms with van der Waals surface area (Å²) in [7, 11) is 0. The predicted molar refractivity (Wildman–Crippen MR) is 68.0 cm³/mol. The molecule has 2 rings (SSSR count). The van der Waals surface area contributed by atoms with Gasteiger partial charge in [0.2, 0.25) is 5.82 Å². The van der Waals surface area contributed by atoms with Crippen LogP contribution in [0.5, 0.6) is 0 Å². The predicted octanol–water partition coefficient (Wildman–Crippen LogP) is 1.78. The maximum absolute atomic E-state index is 12.2. The van der Waals surface area contributed by atoms with Gasteiger partial charge in [-0.1, -0.05) is 30.3 Å². The van der Waals surface area contributed by atoms with Gasteiger partial charge >= 0.3 is 0 Å². The molecule has 94 valence electrons. The number of nitrogens with one attached hydrogen (secondary N) is 1. The first-order valence-corrected chi connectivity index (χ1v) is 5.93. The van der Waals surface area contributed by atoms with Crippen molar-refractivity contribution < 1.29 is 4.79 Å². The van der Waals surface area contributed by atoms with Crippen LogP contribution in [0.25, 0.3) is 0 Å². The molecule has 5 nitrogen and oxygen atoms in total. The van der Waals surface area contributed by atoms with Crippen LogP contribution >= 0.6 is 0 Å². The second-order valence-electron chi connectivity index (χ2n) is 4.05. The van der Waals surface area contributed by atoms with Crippen molar-refractivity contribution in [2.45, 2.75) is 20.4 Å². The van der Waals surface area contributed by atoms with E-state index in [4.69, 9.17) is 0 Å². The molecule has 1 aromatic heterocycles. The minimum Gasteiger partial charge on any atom is -0.332 e. The normalized spacial score (nSPS) is 10.3. The monoisotopic (exact) mass is 244 g/mol. The number of amides is 1. The quantitative estimate of drug-likeness (QED) is 0.891. The van der Waals surface area contributed by atoms with E-state index in [0.29, 0.717) is 18.9 Å². The summed E-state index contributed by atoms with van der Waals surface area (Å²) in [5.41, 5.74) is 1.10. The lowest BCUT2D eigenvalue weighted by Crippen LogP contribution is -2.31. The lowest BCUT2D eigenvalue weighted by molar-refractivity contribution is 0.0740. The van der Waals surface area contributed by atoms with Gasteiger partial charge in [0.25, 0.3) is 5.91 Å². The number of hydrogen-bond donors (Lipinski definition) is 1. The van der Waals surface area contributed by atoms with Gasteiger partial charge in [-0.15, -0.1) is 5.10 Å². The molecule has 1 amide bonds. The van der Waals surface area contributed by atoms with Crippen molar-refractivity contribution in [3.63, 3.8) is 0 Å². The van der Waals surface area contributed by atoms with Crippen molar-refractivity contribution in [2.75, 3.05) is 6.54 Å². The Bertz CT molecular complexity index is 521. The smallest absolute Gasteiger partial charge is 0.293 e. The molecule has 18 heavy (non-hydrogen) atoms. The zero-order valence-electron chi connectivity index (χ0n) is 10.6. The largest absolute Gasteiger partial charge is 0.332 e. The Morgan fingerprint density at radius 1 is 1.33 bits per heavy atom. The summed E-state index contributed by atoms with van der Waals surface area (Å²) < 4.78 is 0. The molecule has 0 aliphatic heterocycles. The average molecular weight is 244 g/mol. The van der Waals surface area contributed by atoms with Gasteiger partial charge in [0.1, 0.15) is 5.82 Å². The molecular weight excluding hydrogens is 228 g/mol. The van der Waals surface area contributed by atoms with E-state index in [-0.39, 0.29) is 11.7 Å². The highest BCUT2D eigenvalue weighted by molar-refractivity contribution is 5.90. The molecule has 1 heterocycles. The molecular formula is C13H16N4O. The minimum absolute atomic E-state index is 0.147. The first-order valence-electron chi connectivity index (χ1n) is 5.93. The van der Waals surface area contributed by atoms with Crippen molar-refractivity contribution in [1.82, 2.24) is 20.1 Å². The first-order chi connectivity index (χ1) is 8.70. The van der Waals surface area contributed by atoms with Gasteiger partial charge < -0.3 is 4.90 Å². The van der Waals surface area contributed by atoms with Gasteiger partial charge in [0, 0.05) is 13.1 Å². The fourth-order valence-corrected chi connectivity index (χ4v) is 1.71. The van der Waals surface area contributed by atoms with Crippen molar-refractivity contribution >= 4 is 5.91 Å². The Hall–Kier alpha value is -2.17. The molecule has 1 aromatic carbocycles. The van der Waals surface area contributed by atoms with Crippen LogP contribution in [-0.4, -0.2) is 32.5 Å². The Balaban J connectivity index is 2.12. The summed E-state index contributed by atoms with van der Waals surface area (Å²) in [5.74, 6) is 0.727. The zero-order valence-corrected chi connectivity index (χ0v) is 10.6. The standard InChI is InChI=1S/C13H16N4O/c1-3-17(9-11-7-5-4-6-8-11)13(18)12-14-10(2)15-16-12/h4-8H,3,9H2,1-2H3,(H,14,15,16). The van der Waals surface area contributed by atoms with Gasteiger partial charge in [-0.3, -0.25) is 9.89 Å². The first kappa shape index (κ1) is 12.3. The second-order valence-corrected chi connectivity index (χ2v) is 4.05. The van der Waals surface area contributed by atoms with E-state index < -0.39 is 0 Å². The van der Waals surface area contributed by atoms with E-state index in [0.717, 1.165) is 5.56 Å². The molecule has 5 heteroatoms. The molecule has 0 unspecified atom stereocenters. The van der Waals surface area contributed by atoms with Gasteiger partial charge in [-0.05, 0) is 19.4 Å². The number of carbonyl (C=O) groups is 1. The van der Waals surface area contributed by atoms with Gasteiger partial charge in [0.15, 0.2) is 0 Å². The van der Waals surface area contributed by atoms with Crippen LogP contribution in [-0.2, 0) is 6.54 Å².